The van der Waals surface area contributed by atoms with Gasteiger partial charge in [-0.05, 0) is 39.0 Å². The molecule has 0 unspecified atom stereocenters. The fourth-order valence-corrected chi connectivity index (χ4v) is 1.99. The summed E-state index contributed by atoms with van der Waals surface area (Å²) in [5.74, 6) is 0. The first kappa shape index (κ1) is 14.0. The van der Waals surface area contributed by atoms with E-state index in [1.165, 1.54) is 0 Å². The van der Waals surface area contributed by atoms with Crippen LogP contribution < -0.4 is 10.6 Å². The lowest BCUT2D eigenvalue weighted by atomic mass is 10.3. The Balaban J connectivity index is 1.86. The summed E-state index contributed by atoms with van der Waals surface area (Å²) in [4.78, 5) is 15.8. The smallest absolute Gasteiger partial charge is 0.319 e. The third-order valence-corrected chi connectivity index (χ3v) is 2.85. The van der Waals surface area contributed by atoms with Gasteiger partial charge in [0.2, 0.25) is 0 Å². The molecule has 0 saturated carbocycles. The molecule has 6 heteroatoms. The van der Waals surface area contributed by atoms with Crippen LogP contribution in [0.3, 0.4) is 0 Å². The minimum absolute atomic E-state index is 0.0235. The molecule has 1 atom stereocenters. The summed E-state index contributed by atoms with van der Waals surface area (Å²) in [5, 5.41) is 9.99. The molecular weight excluding hydrogens is 254 g/mol. The van der Waals surface area contributed by atoms with E-state index in [1.807, 2.05) is 31.5 Å². The number of hydrogen-bond donors (Lipinski definition) is 2. The van der Waals surface area contributed by atoms with Crippen molar-refractivity contribution in [2.24, 2.45) is 0 Å². The second-order valence-electron chi connectivity index (χ2n) is 4.85. The summed E-state index contributed by atoms with van der Waals surface area (Å²) in [7, 11) is 0. The summed E-state index contributed by atoms with van der Waals surface area (Å²) < 4.78 is 1.89. The van der Waals surface area contributed by atoms with E-state index < -0.39 is 0 Å². The van der Waals surface area contributed by atoms with E-state index >= 15 is 0 Å². The summed E-state index contributed by atoms with van der Waals surface area (Å²) in [6, 6.07) is 5.31. The van der Waals surface area contributed by atoms with E-state index in [0.717, 1.165) is 11.4 Å². The van der Waals surface area contributed by atoms with Gasteiger partial charge < -0.3 is 10.6 Å². The Morgan fingerprint density at radius 3 is 2.85 bits per heavy atom. The number of carbonyl (C=O) groups is 1. The van der Waals surface area contributed by atoms with Crippen LogP contribution in [0.2, 0.25) is 0 Å². The standard InChI is InChI=1S/C14H19N5O/c1-10-7-12(3)19(18-10)9-11(2)16-14(20)17-13-5-4-6-15-8-13/h4-8,11H,9H2,1-3H3,(H2,16,17,20)/t11-/m0/s1. The van der Waals surface area contributed by atoms with Crippen molar-refractivity contribution in [1.82, 2.24) is 20.1 Å². The Morgan fingerprint density at radius 2 is 2.25 bits per heavy atom. The molecule has 2 N–H and O–H groups in total. The highest BCUT2D eigenvalue weighted by Gasteiger charge is 2.10. The molecule has 0 aliphatic heterocycles. The van der Waals surface area contributed by atoms with Crippen LogP contribution in [0, 0.1) is 13.8 Å². The van der Waals surface area contributed by atoms with Gasteiger partial charge in [0, 0.05) is 17.9 Å². The lowest BCUT2D eigenvalue weighted by Crippen LogP contribution is -2.39. The van der Waals surface area contributed by atoms with E-state index in [-0.39, 0.29) is 12.1 Å². The predicted octanol–water partition coefficient (Wildman–Crippen LogP) is 2.11. The number of pyridine rings is 1. The van der Waals surface area contributed by atoms with E-state index in [9.17, 15) is 4.79 Å². The molecule has 0 aromatic carbocycles. The van der Waals surface area contributed by atoms with Crippen LogP contribution in [0.4, 0.5) is 10.5 Å². The number of nitrogens with one attached hydrogen (secondary N) is 2. The summed E-state index contributed by atoms with van der Waals surface area (Å²) >= 11 is 0. The number of nitrogens with zero attached hydrogens (tertiary/aromatic N) is 3. The highest BCUT2D eigenvalue weighted by Crippen LogP contribution is 2.04. The van der Waals surface area contributed by atoms with Crippen molar-refractivity contribution in [3.63, 3.8) is 0 Å². The van der Waals surface area contributed by atoms with Crippen LogP contribution in [0.5, 0.6) is 0 Å². The Kier molecular flexibility index (Phi) is 4.34. The van der Waals surface area contributed by atoms with Crippen molar-refractivity contribution in [1.29, 1.82) is 0 Å². The maximum absolute atomic E-state index is 11.8. The average molecular weight is 273 g/mol. The first-order chi connectivity index (χ1) is 9.54. The van der Waals surface area contributed by atoms with Gasteiger partial charge in [-0.3, -0.25) is 9.67 Å². The monoisotopic (exact) mass is 273 g/mol. The van der Waals surface area contributed by atoms with Crippen molar-refractivity contribution < 1.29 is 4.79 Å². The van der Waals surface area contributed by atoms with Crippen LogP contribution in [0.1, 0.15) is 18.3 Å². The Hall–Kier alpha value is -2.37. The molecule has 0 aliphatic carbocycles. The lowest BCUT2D eigenvalue weighted by Gasteiger charge is -2.15. The van der Waals surface area contributed by atoms with Crippen molar-refractivity contribution in [2.75, 3.05) is 5.32 Å². The lowest BCUT2D eigenvalue weighted by molar-refractivity contribution is 0.247. The van der Waals surface area contributed by atoms with Gasteiger partial charge in [0.1, 0.15) is 0 Å². The van der Waals surface area contributed by atoms with Crippen molar-refractivity contribution in [3.8, 4) is 0 Å². The minimum Gasteiger partial charge on any atom is -0.334 e. The fourth-order valence-electron chi connectivity index (χ4n) is 1.99. The summed E-state index contributed by atoms with van der Waals surface area (Å²) in [6.07, 6.45) is 3.26. The second kappa shape index (κ2) is 6.18. The molecule has 2 rings (SSSR count). The zero-order valence-electron chi connectivity index (χ0n) is 11.9. The van der Waals surface area contributed by atoms with Crippen LogP contribution >= 0.6 is 0 Å². The fraction of sp³-hybridized carbons (Fsp3) is 0.357. The molecule has 2 amide bonds. The Labute approximate surface area is 118 Å². The van der Waals surface area contributed by atoms with Gasteiger partial charge in [-0.1, -0.05) is 0 Å². The zero-order valence-corrected chi connectivity index (χ0v) is 11.9. The van der Waals surface area contributed by atoms with Gasteiger partial charge in [0.15, 0.2) is 0 Å². The Morgan fingerprint density at radius 1 is 1.45 bits per heavy atom. The van der Waals surface area contributed by atoms with Gasteiger partial charge >= 0.3 is 6.03 Å². The largest absolute Gasteiger partial charge is 0.334 e. The number of carbonyl (C=O) groups excluding carboxylic acids is 1. The molecule has 0 aliphatic rings. The van der Waals surface area contributed by atoms with Gasteiger partial charge in [-0.25, -0.2) is 4.79 Å². The number of aromatic nitrogens is 3. The number of amides is 2. The molecule has 0 fully saturated rings. The molecule has 2 heterocycles. The summed E-state index contributed by atoms with van der Waals surface area (Å²) in [5.41, 5.74) is 2.74. The maximum atomic E-state index is 11.8. The Bertz CT molecular complexity index is 579. The highest BCUT2D eigenvalue weighted by atomic mass is 16.2. The average Bonchev–Trinajstić information content (AvgIpc) is 2.68. The van der Waals surface area contributed by atoms with Crippen molar-refractivity contribution >= 4 is 11.7 Å². The molecular formula is C14H19N5O. The molecule has 0 bridgehead atoms. The first-order valence-corrected chi connectivity index (χ1v) is 6.53. The third-order valence-electron chi connectivity index (χ3n) is 2.85. The van der Waals surface area contributed by atoms with Gasteiger partial charge in [0.25, 0.3) is 0 Å². The van der Waals surface area contributed by atoms with Crippen LogP contribution in [0.15, 0.2) is 30.6 Å². The van der Waals surface area contributed by atoms with Crippen LogP contribution in [0.25, 0.3) is 0 Å². The molecule has 6 nitrogen and oxygen atoms in total. The molecule has 2 aromatic heterocycles. The number of anilines is 1. The number of aryl methyl sites for hydroxylation is 2. The van der Waals surface area contributed by atoms with E-state index in [2.05, 4.69) is 20.7 Å². The van der Waals surface area contributed by atoms with Gasteiger partial charge in [-0.2, -0.15) is 5.10 Å². The molecule has 20 heavy (non-hydrogen) atoms. The van der Waals surface area contributed by atoms with Crippen LogP contribution in [-0.2, 0) is 6.54 Å². The van der Waals surface area contributed by atoms with Gasteiger partial charge in [-0.15, -0.1) is 0 Å². The summed E-state index contributed by atoms with van der Waals surface area (Å²) in [6.45, 7) is 6.54. The van der Waals surface area contributed by atoms with Gasteiger partial charge in [0.05, 0.1) is 24.1 Å². The molecule has 0 saturated heterocycles. The van der Waals surface area contributed by atoms with Crippen LogP contribution in [-0.4, -0.2) is 26.8 Å². The second-order valence-corrected chi connectivity index (χ2v) is 4.85. The maximum Gasteiger partial charge on any atom is 0.319 e. The zero-order chi connectivity index (χ0) is 14.5. The minimum atomic E-state index is -0.243. The van der Waals surface area contributed by atoms with Crippen molar-refractivity contribution in [2.45, 2.75) is 33.4 Å². The molecule has 2 aromatic rings. The highest BCUT2D eigenvalue weighted by molar-refractivity contribution is 5.89. The first-order valence-electron chi connectivity index (χ1n) is 6.53. The SMILES string of the molecule is Cc1cc(C)n(C[C@H](C)NC(=O)Nc2cccnc2)n1. The molecule has 0 spiro atoms. The number of rotatable bonds is 4. The molecule has 106 valence electrons. The van der Waals surface area contributed by atoms with Crippen molar-refractivity contribution in [3.05, 3.63) is 42.0 Å². The van der Waals surface area contributed by atoms with E-state index in [1.54, 1.807) is 24.5 Å². The number of hydrogen-bond acceptors (Lipinski definition) is 3. The third kappa shape index (κ3) is 3.81. The topological polar surface area (TPSA) is 71.8 Å². The predicted molar refractivity (Wildman–Crippen MR) is 77.6 cm³/mol. The van der Waals surface area contributed by atoms with E-state index in [0.29, 0.717) is 12.2 Å². The normalized spacial score (nSPS) is 11.9. The quantitative estimate of drug-likeness (QED) is 0.896. The number of urea groups is 1. The molecule has 0 radical (unpaired) electrons. The van der Waals surface area contributed by atoms with E-state index in [4.69, 9.17) is 0 Å².